The van der Waals surface area contributed by atoms with E-state index < -0.39 is 0 Å². The van der Waals surface area contributed by atoms with E-state index in [0.29, 0.717) is 12.5 Å². The van der Waals surface area contributed by atoms with Gasteiger partial charge in [-0.05, 0) is 17.7 Å². The van der Waals surface area contributed by atoms with Crippen molar-refractivity contribution < 1.29 is 4.74 Å². The Morgan fingerprint density at radius 3 is 2.87 bits per heavy atom. The van der Waals surface area contributed by atoms with Crippen LogP contribution in [0.25, 0.3) is 0 Å². The fourth-order valence-electron chi connectivity index (χ4n) is 2.39. The highest BCUT2D eigenvalue weighted by Crippen LogP contribution is 2.07. The van der Waals surface area contributed by atoms with Gasteiger partial charge in [0.1, 0.15) is 5.82 Å². The van der Waals surface area contributed by atoms with E-state index in [2.05, 4.69) is 30.5 Å². The van der Waals surface area contributed by atoms with Gasteiger partial charge in [0.05, 0.1) is 13.2 Å². The topological polar surface area (TPSA) is 75.2 Å². The lowest BCUT2D eigenvalue weighted by molar-refractivity contribution is 0.0398. The van der Waals surface area contributed by atoms with Gasteiger partial charge in [-0.1, -0.05) is 6.07 Å². The molecule has 0 aromatic carbocycles. The van der Waals surface area contributed by atoms with Crippen molar-refractivity contribution >= 4 is 11.8 Å². The Balaban J connectivity index is 1.45. The van der Waals surface area contributed by atoms with Crippen LogP contribution in [-0.4, -0.2) is 59.2 Å². The molecule has 0 saturated carbocycles. The van der Waals surface area contributed by atoms with Crippen molar-refractivity contribution in [3.63, 3.8) is 0 Å². The van der Waals surface area contributed by atoms with Gasteiger partial charge in [-0.2, -0.15) is 4.98 Å². The van der Waals surface area contributed by atoms with E-state index >= 15 is 0 Å². The first-order chi connectivity index (χ1) is 11.4. The van der Waals surface area contributed by atoms with Crippen LogP contribution in [0.1, 0.15) is 5.56 Å². The Bertz CT molecular complexity index is 588. The second-order valence-electron chi connectivity index (χ2n) is 5.36. The lowest BCUT2D eigenvalue weighted by Crippen LogP contribution is -2.39. The number of anilines is 2. The molecule has 1 fully saturated rings. The summed E-state index contributed by atoms with van der Waals surface area (Å²) < 4.78 is 5.35. The van der Waals surface area contributed by atoms with Crippen LogP contribution in [0.3, 0.4) is 0 Å². The molecule has 1 aliphatic heterocycles. The summed E-state index contributed by atoms with van der Waals surface area (Å²) in [4.78, 5) is 15.2. The molecule has 0 radical (unpaired) electrons. The van der Waals surface area contributed by atoms with Gasteiger partial charge in [-0.15, -0.1) is 0 Å². The van der Waals surface area contributed by atoms with Gasteiger partial charge in [0.15, 0.2) is 0 Å². The molecule has 0 unspecified atom stereocenters. The average Bonchev–Trinajstić information content (AvgIpc) is 2.62. The molecular formula is C16H22N6O. The second kappa shape index (κ2) is 8.40. The summed E-state index contributed by atoms with van der Waals surface area (Å²) in [6.45, 7) is 6.18. The van der Waals surface area contributed by atoms with Crippen molar-refractivity contribution in [2.24, 2.45) is 0 Å². The summed E-state index contributed by atoms with van der Waals surface area (Å²) in [6, 6.07) is 5.82. The van der Waals surface area contributed by atoms with Gasteiger partial charge in [-0.25, -0.2) is 4.98 Å². The largest absolute Gasteiger partial charge is 0.379 e. The molecule has 122 valence electrons. The Morgan fingerprint density at radius 2 is 2.04 bits per heavy atom. The van der Waals surface area contributed by atoms with E-state index in [0.717, 1.165) is 50.8 Å². The molecule has 3 heterocycles. The molecule has 0 spiro atoms. The van der Waals surface area contributed by atoms with Crippen molar-refractivity contribution in [1.29, 1.82) is 0 Å². The predicted molar refractivity (Wildman–Crippen MR) is 89.3 cm³/mol. The lowest BCUT2D eigenvalue weighted by Gasteiger charge is -2.26. The summed E-state index contributed by atoms with van der Waals surface area (Å²) in [6.07, 6.45) is 5.35. The van der Waals surface area contributed by atoms with Gasteiger partial charge < -0.3 is 15.4 Å². The second-order valence-corrected chi connectivity index (χ2v) is 5.36. The number of hydrogen-bond acceptors (Lipinski definition) is 7. The number of hydrogen-bond donors (Lipinski definition) is 2. The summed E-state index contributed by atoms with van der Waals surface area (Å²) in [7, 11) is 0. The van der Waals surface area contributed by atoms with Crippen LogP contribution in [-0.2, 0) is 11.3 Å². The van der Waals surface area contributed by atoms with Gasteiger partial charge in [0.2, 0.25) is 5.95 Å². The van der Waals surface area contributed by atoms with Gasteiger partial charge >= 0.3 is 0 Å². The summed E-state index contributed by atoms with van der Waals surface area (Å²) in [5, 5.41) is 6.56. The van der Waals surface area contributed by atoms with Gasteiger partial charge in [-0.3, -0.25) is 9.88 Å². The molecule has 7 nitrogen and oxygen atoms in total. The third-order valence-corrected chi connectivity index (χ3v) is 3.67. The minimum Gasteiger partial charge on any atom is -0.379 e. The van der Waals surface area contributed by atoms with Crippen LogP contribution in [0, 0.1) is 0 Å². The summed E-state index contributed by atoms with van der Waals surface area (Å²) in [5.74, 6) is 1.45. The smallest absolute Gasteiger partial charge is 0.224 e. The van der Waals surface area contributed by atoms with E-state index in [9.17, 15) is 0 Å². The monoisotopic (exact) mass is 314 g/mol. The SMILES string of the molecule is c1cncc(CNc2nccc(NCCN3CCOCC3)n2)c1. The molecule has 1 saturated heterocycles. The van der Waals surface area contributed by atoms with Crippen LogP contribution in [0.15, 0.2) is 36.8 Å². The molecule has 0 aliphatic carbocycles. The maximum absolute atomic E-state index is 5.35. The van der Waals surface area contributed by atoms with E-state index in [-0.39, 0.29) is 0 Å². The first-order valence-electron chi connectivity index (χ1n) is 7.90. The normalized spacial score (nSPS) is 15.3. The minimum atomic E-state index is 0.616. The maximum atomic E-state index is 5.35. The average molecular weight is 314 g/mol. The van der Waals surface area contributed by atoms with E-state index in [1.54, 1.807) is 12.4 Å². The molecule has 0 amide bonds. The van der Waals surface area contributed by atoms with Gasteiger partial charge in [0.25, 0.3) is 0 Å². The molecule has 1 aliphatic rings. The Hall–Kier alpha value is -2.25. The number of rotatable bonds is 7. The predicted octanol–water partition coefficient (Wildman–Crippen LogP) is 1.23. The van der Waals surface area contributed by atoms with Crippen LogP contribution in [0.5, 0.6) is 0 Å². The number of morpholine rings is 1. The quantitative estimate of drug-likeness (QED) is 0.796. The highest BCUT2D eigenvalue weighted by molar-refractivity contribution is 5.39. The number of nitrogens with one attached hydrogen (secondary N) is 2. The number of aromatic nitrogens is 3. The molecule has 0 atom stereocenters. The third kappa shape index (κ3) is 5.15. The third-order valence-electron chi connectivity index (χ3n) is 3.67. The first kappa shape index (κ1) is 15.6. The van der Waals surface area contributed by atoms with E-state index in [4.69, 9.17) is 4.74 Å². The molecular weight excluding hydrogens is 292 g/mol. The first-order valence-corrected chi connectivity index (χ1v) is 7.90. The Kier molecular flexibility index (Phi) is 5.71. The van der Waals surface area contributed by atoms with Crippen molar-refractivity contribution in [1.82, 2.24) is 19.9 Å². The summed E-state index contributed by atoms with van der Waals surface area (Å²) >= 11 is 0. The molecule has 2 N–H and O–H groups in total. The van der Waals surface area contributed by atoms with Gasteiger partial charge in [0, 0.05) is 51.3 Å². The van der Waals surface area contributed by atoms with Crippen LogP contribution in [0.4, 0.5) is 11.8 Å². The zero-order chi connectivity index (χ0) is 15.7. The standard InChI is InChI=1S/C16H22N6O/c1-2-14(12-17-4-1)13-20-16-19-5-3-15(21-16)18-6-7-22-8-10-23-11-9-22/h1-5,12H,6-11,13H2,(H2,18,19,20,21). The zero-order valence-electron chi connectivity index (χ0n) is 13.1. The highest BCUT2D eigenvalue weighted by atomic mass is 16.5. The number of pyridine rings is 1. The summed E-state index contributed by atoms with van der Waals surface area (Å²) in [5.41, 5.74) is 1.10. The molecule has 7 heteroatoms. The molecule has 0 bridgehead atoms. The molecule has 2 aromatic heterocycles. The van der Waals surface area contributed by atoms with E-state index in [1.165, 1.54) is 0 Å². The zero-order valence-corrected chi connectivity index (χ0v) is 13.1. The lowest BCUT2D eigenvalue weighted by atomic mass is 10.3. The minimum absolute atomic E-state index is 0.616. The van der Waals surface area contributed by atoms with Crippen molar-refractivity contribution in [2.75, 3.05) is 50.0 Å². The number of nitrogens with zero attached hydrogens (tertiary/aromatic N) is 4. The van der Waals surface area contributed by atoms with Crippen molar-refractivity contribution in [2.45, 2.75) is 6.54 Å². The van der Waals surface area contributed by atoms with Crippen molar-refractivity contribution in [3.8, 4) is 0 Å². The molecule has 3 rings (SSSR count). The van der Waals surface area contributed by atoms with Crippen LogP contribution in [0.2, 0.25) is 0 Å². The number of ether oxygens (including phenoxy) is 1. The maximum Gasteiger partial charge on any atom is 0.224 e. The van der Waals surface area contributed by atoms with Crippen LogP contribution >= 0.6 is 0 Å². The fraction of sp³-hybridized carbons (Fsp3) is 0.438. The Morgan fingerprint density at radius 1 is 1.13 bits per heavy atom. The fourth-order valence-corrected chi connectivity index (χ4v) is 2.39. The molecule has 23 heavy (non-hydrogen) atoms. The van der Waals surface area contributed by atoms with E-state index in [1.807, 2.05) is 24.4 Å². The van der Waals surface area contributed by atoms with Crippen LogP contribution < -0.4 is 10.6 Å². The Labute approximate surface area is 136 Å². The molecule has 2 aromatic rings. The highest BCUT2D eigenvalue weighted by Gasteiger charge is 2.09. The van der Waals surface area contributed by atoms with Crippen molar-refractivity contribution in [3.05, 3.63) is 42.4 Å².